The fraction of sp³-hybridized carbons (Fsp3) is 0.364. The Morgan fingerprint density at radius 3 is 2.69 bits per heavy atom. The van der Waals surface area contributed by atoms with Gasteiger partial charge in [0.1, 0.15) is 11.9 Å². The van der Waals surface area contributed by atoms with Gasteiger partial charge in [-0.3, -0.25) is 4.79 Å². The van der Waals surface area contributed by atoms with Gasteiger partial charge < -0.3 is 14.9 Å². The number of carbonyl (C=O) groups is 1. The second kappa shape index (κ2) is 5.84. The number of methoxy groups -OCH3 is 1. The molecule has 0 fully saturated rings. The van der Waals surface area contributed by atoms with Crippen molar-refractivity contribution in [1.82, 2.24) is 0 Å². The van der Waals surface area contributed by atoms with E-state index in [4.69, 9.17) is 16.3 Å². The first-order chi connectivity index (χ1) is 7.63. The van der Waals surface area contributed by atoms with Crippen molar-refractivity contribution in [3.8, 4) is 5.75 Å². The maximum Gasteiger partial charge on any atom is 0.150 e. The number of hydrogen-bond acceptors (Lipinski definition) is 4. The molecule has 1 aromatic carbocycles. The highest BCUT2D eigenvalue weighted by Gasteiger charge is 2.20. The van der Waals surface area contributed by atoms with E-state index >= 15 is 0 Å². The van der Waals surface area contributed by atoms with Gasteiger partial charge in [0.15, 0.2) is 6.29 Å². The van der Waals surface area contributed by atoms with Crippen LogP contribution in [0.25, 0.3) is 0 Å². The van der Waals surface area contributed by atoms with Crippen molar-refractivity contribution in [2.24, 2.45) is 0 Å². The molecule has 0 spiro atoms. The average molecular weight is 245 g/mol. The van der Waals surface area contributed by atoms with Gasteiger partial charge in [-0.05, 0) is 17.7 Å². The Balaban J connectivity index is 3.08. The van der Waals surface area contributed by atoms with E-state index < -0.39 is 12.2 Å². The molecule has 0 aliphatic carbocycles. The van der Waals surface area contributed by atoms with Crippen molar-refractivity contribution in [3.63, 3.8) is 0 Å². The van der Waals surface area contributed by atoms with Crippen LogP contribution in [0.3, 0.4) is 0 Å². The third-order valence-corrected chi connectivity index (χ3v) is 2.58. The minimum absolute atomic E-state index is 0.106. The lowest BCUT2D eigenvalue weighted by molar-refractivity contribution is 0.0323. The van der Waals surface area contributed by atoms with E-state index in [-0.39, 0.29) is 11.4 Å². The Bertz CT molecular complexity index is 367. The van der Waals surface area contributed by atoms with E-state index in [0.717, 1.165) is 0 Å². The number of hydrogen-bond donors (Lipinski definition) is 2. The monoisotopic (exact) mass is 244 g/mol. The second-order valence-electron chi connectivity index (χ2n) is 3.28. The molecule has 16 heavy (non-hydrogen) atoms. The fourth-order valence-electron chi connectivity index (χ4n) is 1.34. The topological polar surface area (TPSA) is 66.8 Å². The highest BCUT2D eigenvalue weighted by Crippen LogP contribution is 2.24. The largest absolute Gasteiger partial charge is 0.497 e. The first kappa shape index (κ1) is 13.0. The van der Waals surface area contributed by atoms with E-state index in [2.05, 4.69) is 0 Å². The van der Waals surface area contributed by atoms with Crippen LogP contribution in [-0.2, 0) is 0 Å². The molecule has 0 aliphatic heterocycles. The van der Waals surface area contributed by atoms with Crippen molar-refractivity contribution in [2.75, 3.05) is 13.0 Å². The fourth-order valence-corrected chi connectivity index (χ4v) is 1.51. The van der Waals surface area contributed by atoms with Crippen molar-refractivity contribution < 1.29 is 19.7 Å². The minimum Gasteiger partial charge on any atom is -0.497 e. The van der Waals surface area contributed by atoms with Crippen LogP contribution >= 0.6 is 11.6 Å². The number of halogens is 1. The molecule has 0 radical (unpaired) electrons. The smallest absolute Gasteiger partial charge is 0.150 e. The number of alkyl halides is 1. The molecular weight excluding hydrogens is 232 g/mol. The molecule has 0 aromatic heterocycles. The summed E-state index contributed by atoms with van der Waals surface area (Å²) in [6.45, 7) is 0. The third kappa shape index (κ3) is 2.72. The molecule has 2 N–H and O–H groups in total. The van der Waals surface area contributed by atoms with E-state index in [1.165, 1.54) is 19.2 Å². The molecule has 0 saturated carbocycles. The minimum atomic E-state index is -1.18. The second-order valence-corrected chi connectivity index (χ2v) is 3.59. The van der Waals surface area contributed by atoms with Crippen molar-refractivity contribution >= 4 is 17.9 Å². The molecule has 4 nitrogen and oxygen atoms in total. The van der Waals surface area contributed by atoms with Crippen LogP contribution in [0.1, 0.15) is 22.0 Å². The van der Waals surface area contributed by atoms with E-state index in [0.29, 0.717) is 17.6 Å². The molecule has 88 valence electrons. The first-order valence-corrected chi connectivity index (χ1v) is 5.22. The maximum atomic E-state index is 10.8. The number of aldehydes is 1. The van der Waals surface area contributed by atoms with Crippen LogP contribution in [-0.4, -0.2) is 35.6 Å². The third-order valence-electron chi connectivity index (χ3n) is 2.26. The summed E-state index contributed by atoms with van der Waals surface area (Å²) in [5, 5.41) is 19.1. The summed E-state index contributed by atoms with van der Waals surface area (Å²) >= 11 is 5.43. The zero-order chi connectivity index (χ0) is 12.1. The van der Waals surface area contributed by atoms with Crippen LogP contribution in [0, 0.1) is 0 Å². The number of carbonyl (C=O) groups excluding carboxylic acids is 1. The molecule has 0 amide bonds. The average Bonchev–Trinajstić information content (AvgIpc) is 2.35. The molecular formula is C11H13ClO4. The molecule has 0 bridgehead atoms. The molecule has 1 rings (SSSR count). The molecule has 0 aliphatic rings. The van der Waals surface area contributed by atoms with E-state index in [9.17, 15) is 15.0 Å². The zero-order valence-electron chi connectivity index (χ0n) is 8.76. The van der Waals surface area contributed by atoms with E-state index in [1.807, 2.05) is 0 Å². The summed E-state index contributed by atoms with van der Waals surface area (Å²) in [4.78, 5) is 10.8. The Morgan fingerprint density at radius 1 is 1.50 bits per heavy atom. The highest BCUT2D eigenvalue weighted by atomic mass is 35.5. The van der Waals surface area contributed by atoms with Gasteiger partial charge in [0.05, 0.1) is 19.1 Å². The summed E-state index contributed by atoms with van der Waals surface area (Å²) in [6, 6.07) is 4.63. The zero-order valence-corrected chi connectivity index (χ0v) is 9.52. The van der Waals surface area contributed by atoms with Gasteiger partial charge in [0, 0.05) is 5.56 Å². The SMILES string of the molecule is COc1ccc(C(O)C(O)CCl)c(C=O)c1. The summed E-state index contributed by atoms with van der Waals surface area (Å²) in [7, 11) is 1.48. The molecule has 1 aromatic rings. The van der Waals surface area contributed by atoms with Gasteiger partial charge in [-0.1, -0.05) is 6.07 Å². The number of benzene rings is 1. The first-order valence-electron chi connectivity index (χ1n) is 4.69. The van der Waals surface area contributed by atoms with Crippen LogP contribution in [0.15, 0.2) is 18.2 Å². The lowest BCUT2D eigenvalue weighted by atomic mass is 9.99. The lowest BCUT2D eigenvalue weighted by Gasteiger charge is -2.17. The Kier molecular flexibility index (Phi) is 4.73. The van der Waals surface area contributed by atoms with Crippen molar-refractivity contribution in [1.29, 1.82) is 0 Å². The van der Waals surface area contributed by atoms with Crippen LogP contribution in [0.4, 0.5) is 0 Å². The highest BCUT2D eigenvalue weighted by molar-refractivity contribution is 6.18. The van der Waals surface area contributed by atoms with Gasteiger partial charge in [-0.2, -0.15) is 0 Å². The van der Waals surface area contributed by atoms with Crippen LogP contribution < -0.4 is 4.74 Å². The van der Waals surface area contributed by atoms with Gasteiger partial charge in [0.25, 0.3) is 0 Å². The van der Waals surface area contributed by atoms with Crippen molar-refractivity contribution in [2.45, 2.75) is 12.2 Å². The van der Waals surface area contributed by atoms with Gasteiger partial charge >= 0.3 is 0 Å². The molecule has 2 atom stereocenters. The standard InChI is InChI=1S/C11H13ClO4/c1-16-8-2-3-9(7(4-8)6-13)11(15)10(14)5-12/h2-4,6,10-11,14-15H,5H2,1H3. The molecule has 2 unspecified atom stereocenters. The predicted molar refractivity (Wildman–Crippen MR) is 60.1 cm³/mol. The van der Waals surface area contributed by atoms with Gasteiger partial charge in [-0.15, -0.1) is 11.6 Å². The molecule has 5 heteroatoms. The number of ether oxygens (including phenoxy) is 1. The predicted octanol–water partition coefficient (Wildman–Crippen LogP) is 1.14. The summed E-state index contributed by atoms with van der Waals surface area (Å²) in [6.07, 6.45) is -1.68. The normalized spacial score (nSPS) is 14.2. The van der Waals surface area contributed by atoms with Gasteiger partial charge in [-0.25, -0.2) is 0 Å². The number of aliphatic hydroxyl groups is 2. The summed E-state index contributed by atoms with van der Waals surface area (Å²) in [5.41, 5.74) is 0.611. The number of aliphatic hydroxyl groups excluding tert-OH is 2. The summed E-state index contributed by atoms with van der Waals surface area (Å²) in [5.74, 6) is 0.407. The molecule has 0 heterocycles. The lowest BCUT2D eigenvalue weighted by Crippen LogP contribution is -2.20. The van der Waals surface area contributed by atoms with Crippen molar-refractivity contribution in [3.05, 3.63) is 29.3 Å². The molecule has 0 saturated heterocycles. The quantitative estimate of drug-likeness (QED) is 0.602. The van der Waals surface area contributed by atoms with Gasteiger partial charge in [0.2, 0.25) is 0 Å². The summed E-state index contributed by atoms with van der Waals surface area (Å²) < 4.78 is 4.95. The van der Waals surface area contributed by atoms with Crippen LogP contribution in [0.2, 0.25) is 0 Å². The Morgan fingerprint density at radius 2 is 2.19 bits per heavy atom. The Labute approximate surface area is 98.4 Å². The van der Waals surface area contributed by atoms with Crippen LogP contribution in [0.5, 0.6) is 5.75 Å². The maximum absolute atomic E-state index is 10.8. The number of rotatable bonds is 5. The van der Waals surface area contributed by atoms with E-state index in [1.54, 1.807) is 6.07 Å². The Hall–Kier alpha value is -1.10.